The smallest absolute Gasteiger partial charge is 0.228 e. The average Bonchev–Trinajstić information content (AvgIpc) is 2.88. The van der Waals surface area contributed by atoms with Gasteiger partial charge in [0.1, 0.15) is 5.01 Å². The Bertz CT molecular complexity index is 474. The Morgan fingerprint density at radius 3 is 3.00 bits per heavy atom. The number of likely N-dealkylation sites (tertiary alicyclic amines) is 1. The number of hydrogen-bond donors (Lipinski definition) is 1. The molecule has 5 nitrogen and oxygen atoms in total. The van der Waals surface area contributed by atoms with E-state index in [0.717, 1.165) is 42.8 Å². The van der Waals surface area contributed by atoms with E-state index in [9.17, 15) is 4.79 Å². The van der Waals surface area contributed by atoms with Crippen LogP contribution in [0.1, 0.15) is 24.0 Å². The fourth-order valence-electron chi connectivity index (χ4n) is 2.69. The lowest BCUT2D eigenvalue weighted by atomic mass is 9.87. The number of nitrogens with zero attached hydrogens (tertiary/aromatic N) is 3. The van der Waals surface area contributed by atoms with E-state index in [1.54, 1.807) is 30.3 Å². The van der Waals surface area contributed by atoms with Crippen molar-refractivity contribution in [3.63, 3.8) is 0 Å². The largest absolute Gasteiger partial charge is 0.348 e. The van der Waals surface area contributed by atoms with E-state index >= 15 is 0 Å². The third kappa shape index (κ3) is 4.49. The zero-order valence-electron chi connectivity index (χ0n) is 13.2. The van der Waals surface area contributed by atoms with Gasteiger partial charge >= 0.3 is 0 Å². The van der Waals surface area contributed by atoms with Gasteiger partial charge in [-0.15, -0.1) is 11.3 Å². The van der Waals surface area contributed by atoms with Gasteiger partial charge in [0, 0.05) is 32.6 Å². The zero-order valence-corrected chi connectivity index (χ0v) is 14.0. The molecule has 0 spiro atoms. The molecule has 1 fully saturated rings. The summed E-state index contributed by atoms with van der Waals surface area (Å²) in [6.07, 6.45) is 1.61. The topological polar surface area (TPSA) is 62.5 Å². The zero-order chi connectivity index (χ0) is 15.4. The number of thiazole rings is 1. The molecule has 2 atom stereocenters. The van der Waals surface area contributed by atoms with Gasteiger partial charge in [-0.3, -0.25) is 9.69 Å². The lowest BCUT2D eigenvalue weighted by molar-refractivity contribution is -0.127. The molecular formula is C15H26N4OS. The van der Waals surface area contributed by atoms with Crippen molar-refractivity contribution in [1.29, 1.82) is 0 Å². The fourth-order valence-corrected chi connectivity index (χ4v) is 3.47. The number of likely N-dealkylation sites (N-methyl/N-ethyl adjacent to an activating group) is 1. The first kappa shape index (κ1) is 16.4. The first-order valence-electron chi connectivity index (χ1n) is 7.55. The second-order valence-corrected chi connectivity index (χ2v) is 7.14. The van der Waals surface area contributed by atoms with Crippen molar-refractivity contribution in [3.8, 4) is 0 Å². The van der Waals surface area contributed by atoms with Crippen molar-refractivity contribution < 1.29 is 4.79 Å². The van der Waals surface area contributed by atoms with E-state index in [1.165, 1.54) is 6.42 Å². The number of carbonyl (C=O) groups excluding carboxylic acids is 1. The Hall–Kier alpha value is -0.980. The first-order valence-corrected chi connectivity index (χ1v) is 8.43. The highest BCUT2D eigenvalue weighted by Gasteiger charge is 2.25. The summed E-state index contributed by atoms with van der Waals surface area (Å²) in [7, 11) is 3.55. The molecule has 1 aromatic heterocycles. The predicted molar refractivity (Wildman–Crippen MR) is 86.1 cm³/mol. The molecule has 2 heterocycles. The number of piperidine rings is 1. The van der Waals surface area contributed by atoms with Crippen LogP contribution in [0, 0.1) is 11.8 Å². The van der Waals surface area contributed by atoms with E-state index in [4.69, 9.17) is 5.73 Å². The number of hydrogen-bond acceptors (Lipinski definition) is 5. The van der Waals surface area contributed by atoms with Crippen LogP contribution in [-0.2, 0) is 17.8 Å². The van der Waals surface area contributed by atoms with Crippen LogP contribution in [0.4, 0.5) is 0 Å². The van der Waals surface area contributed by atoms with Gasteiger partial charge in [0.05, 0.1) is 12.1 Å². The summed E-state index contributed by atoms with van der Waals surface area (Å²) in [4.78, 5) is 20.3. The lowest BCUT2D eigenvalue weighted by Gasteiger charge is -2.36. The number of carbonyl (C=O) groups is 1. The van der Waals surface area contributed by atoms with E-state index in [2.05, 4.69) is 22.2 Å². The minimum absolute atomic E-state index is 0.103. The maximum Gasteiger partial charge on any atom is 0.228 e. The maximum absolute atomic E-state index is 11.7. The molecule has 2 rings (SSSR count). The maximum atomic E-state index is 11.7. The molecule has 1 aliphatic heterocycles. The van der Waals surface area contributed by atoms with Gasteiger partial charge in [0.2, 0.25) is 5.91 Å². The summed E-state index contributed by atoms with van der Waals surface area (Å²) >= 11 is 1.58. The highest BCUT2D eigenvalue weighted by atomic mass is 32.1. The van der Waals surface area contributed by atoms with Crippen LogP contribution < -0.4 is 5.73 Å². The number of amides is 1. The van der Waals surface area contributed by atoms with Crippen LogP contribution in [0.25, 0.3) is 0 Å². The molecule has 0 bridgehead atoms. The SMILES string of the molecule is CC1CCN(Cc2csc(CC(=O)N(C)C)n2)CC1CN. The Balaban J connectivity index is 1.89. The molecule has 1 amide bonds. The first-order chi connectivity index (χ1) is 9.99. The summed E-state index contributed by atoms with van der Waals surface area (Å²) in [6, 6.07) is 0. The molecule has 2 unspecified atom stereocenters. The van der Waals surface area contributed by atoms with Gasteiger partial charge in [-0.05, 0) is 31.3 Å². The molecule has 21 heavy (non-hydrogen) atoms. The molecule has 1 saturated heterocycles. The van der Waals surface area contributed by atoms with E-state index in [-0.39, 0.29) is 5.91 Å². The second-order valence-electron chi connectivity index (χ2n) is 6.19. The van der Waals surface area contributed by atoms with Crippen molar-refractivity contribution in [3.05, 3.63) is 16.1 Å². The molecule has 118 valence electrons. The standard InChI is InChI=1S/C15H26N4OS/c1-11-4-5-19(8-12(11)7-16)9-13-10-21-14(17-13)6-15(20)18(2)3/h10-12H,4-9,16H2,1-3H3. The van der Waals surface area contributed by atoms with Crippen molar-refractivity contribution in [2.45, 2.75) is 26.3 Å². The summed E-state index contributed by atoms with van der Waals surface area (Å²) in [5.41, 5.74) is 6.93. The predicted octanol–water partition coefficient (Wildman–Crippen LogP) is 1.19. The quantitative estimate of drug-likeness (QED) is 0.887. The van der Waals surface area contributed by atoms with Crippen LogP contribution in [0.3, 0.4) is 0 Å². The molecule has 1 aromatic rings. The molecule has 0 saturated carbocycles. The molecule has 0 aliphatic carbocycles. The molecule has 1 aliphatic rings. The Kier molecular flexibility index (Phi) is 5.72. The third-order valence-electron chi connectivity index (χ3n) is 4.29. The Labute approximate surface area is 131 Å². The minimum Gasteiger partial charge on any atom is -0.348 e. The minimum atomic E-state index is 0.103. The summed E-state index contributed by atoms with van der Waals surface area (Å²) < 4.78 is 0. The lowest BCUT2D eigenvalue weighted by Crippen LogP contribution is -2.42. The van der Waals surface area contributed by atoms with Crippen LogP contribution in [0.2, 0.25) is 0 Å². The average molecular weight is 310 g/mol. The van der Waals surface area contributed by atoms with Crippen LogP contribution >= 0.6 is 11.3 Å². The van der Waals surface area contributed by atoms with Gasteiger partial charge < -0.3 is 10.6 Å². The molecule has 6 heteroatoms. The van der Waals surface area contributed by atoms with Crippen LogP contribution in [0.5, 0.6) is 0 Å². The highest BCUT2D eigenvalue weighted by molar-refractivity contribution is 7.09. The van der Waals surface area contributed by atoms with Crippen molar-refractivity contribution in [2.75, 3.05) is 33.7 Å². The second kappa shape index (κ2) is 7.33. The fraction of sp³-hybridized carbons (Fsp3) is 0.733. The summed E-state index contributed by atoms with van der Waals surface area (Å²) in [6.45, 7) is 6.10. The Morgan fingerprint density at radius 2 is 2.33 bits per heavy atom. The van der Waals surface area contributed by atoms with Crippen LogP contribution in [-0.4, -0.2) is 54.4 Å². The molecule has 0 radical (unpaired) electrons. The normalized spacial score (nSPS) is 23.2. The molecular weight excluding hydrogens is 284 g/mol. The van der Waals surface area contributed by atoms with Crippen LogP contribution in [0.15, 0.2) is 5.38 Å². The van der Waals surface area contributed by atoms with Gasteiger partial charge in [0.15, 0.2) is 0 Å². The highest BCUT2D eigenvalue weighted by Crippen LogP contribution is 2.24. The van der Waals surface area contributed by atoms with Gasteiger partial charge in [-0.2, -0.15) is 0 Å². The number of rotatable bonds is 5. The van der Waals surface area contributed by atoms with Crippen molar-refractivity contribution >= 4 is 17.2 Å². The van der Waals surface area contributed by atoms with Gasteiger partial charge in [-0.1, -0.05) is 6.92 Å². The number of aromatic nitrogens is 1. The van der Waals surface area contributed by atoms with E-state index in [1.807, 2.05) is 0 Å². The van der Waals surface area contributed by atoms with Crippen molar-refractivity contribution in [1.82, 2.24) is 14.8 Å². The summed E-state index contributed by atoms with van der Waals surface area (Å²) in [5.74, 6) is 1.41. The Morgan fingerprint density at radius 1 is 1.57 bits per heavy atom. The molecule has 2 N–H and O–H groups in total. The van der Waals surface area contributed by atoms with E-state index < -0.39 is 0 Å². The van der Waals surface area contributed by atoms with Gasteiger partial charge in [0.25, 0.3) is 0 Å². The summed E-state index contributed by atoms with van der Waals surface area (Å²) in [5, 5.41) is 2.98. The monoisotopic (exact) mass is 310 g/mol. The molecule has 0 aromatic carbocycles. The van der Waals surface area contributed by atoms with Crippen molar-refractivity contribution in [2.24, 2.45) is 17.6 Å². The third-order valence-corrected chi connectivity index (χ3v) is 5.18. The van der Waals surface area contributed by atoms with E-state index in [0.29, 0.717) is 12.3 Å². The van der Waals surface area contributed by atoms with Gasteiger partial charge in [-0.25, -0.2) is 4.98 Å². The number of nitrogens with two attached hydrogens (primary N) is 1.